The van der Waals surface area contributed by atoms with Gasteiger partial charge in [-0.25, -0.2) is 13.1 Å². The van der Waals surface area contributed by atoms with Gasteiger partial charge in [-0.15, -0.1) is 5.10 Å². The van der Waals surface area contributed by atoms with Crippen LogP contribution in [-0.2, 0) is 21.3 Å². The predicted molar refractivity (Wildman–Crippen MR) is 109 cm³/mol. The minimum Gasteiger partial charge on any atom is -0.394 e. The molecule has 3 rings (SSSR count). The molecule has 1 aliphatic heterocycles. The highest BCUT2D eigenvalue weighted by Gasteiger charge is 2.33. The third kappa shape index (κ3) is 5.63. The first-order valence-electron chi connectivity index (χ1n) is 10.0. The Hall–Kier alpha value is -1.81. The van der Waals surface area contributed by atoms with Gasteiger partial charge in [-0.3, -0.25) is 4.68 Å². The van der Waals surface area contributed by atoms with Crippen LogP contribution in [0, 0.1) is 6.92 Å². The van der Waals surface area contributed by atoms with E-state index in [9.17, 15) is 13.5 Å². The van der Waals surface area contributed by atoms with Crippen LogP contribution in [0.4, 0.5) is 0 Å². The average molecular weight is 423 g/mol. The number of hydrogen-bond acceptors (Lipinski definition) is 6. The van der Waals surface area contributed by atoms with Crippen LogP contribution in [0.25, 0.3) is 0 Å². The standard InChI is InChI=1S/C20H30N4O4S/c1-14(2)19-12-24(23-21-19)11-10-16-6-9-18(20(13-25)28-16)22-29(26,27)17-7-4-15(3)5-8-17/h4-5,7-8,12,14,16,18,20,22,25H,6,9-11,13H2,1-3H3/t16-,18+,20+/m1/s1. The van der Waals surface area contributed by atoms with Crippen LogP contribution in [0.15, 0.2) is 35.4 Å². The molecule has 29 heavy (non-hydrogen) atoms. The van der Waals surface area contributed by atoms with Crippen molar-refractivity contribution >= 4 is 10.0 Å². The van der Waals surface area contributed by atoms with Gasteiger partial charge in [0, 0.05) is 12.7 Å². The summed E-state index contributed by atoms with van der Waals surface area (Å²) in [5, 5.41) is 18.0. The van der Waals surface area contributed by atoms with E-state index in [1.165, 1.54) is 0 Å². The SMILES string of the molecule is Cc1ccc(S(=O)(=O)N[C@H]2CC[C@H](CCn3cc(C(C)C)nn3)O[C@H]2CO)cc1. The lowest BCUT2D eigenvalue weighted by molar-refractivity contribution is -0.0891. The van der Waals surface area contributed by atoms with Crippen molar-refractivity contribution < 1.29 is 18.3 Å². The van der Waals surface area contributed by atoms with E-state index in [4.69, 9.17) is 4.74 Å². The van der Waals surface area contributed by atoms with Crippen molar-refractivity contribution in [1.82, 2.24) is 19.7 Å². The highest BCUT2D eigenvalue weighted by Crippen LogP contribution is 2.24. The average Bonchev–Trinajstić information content (AvgIpc) is 3.17. The van der Waals surface area contributed by atoms with Crippen molar-refractivity contribution in [1.29, 1.82) is 0 Å². The molecular weight excluding hydrogens is 392 g/mol. The van der Waals surface area contributed by atoms with Crippen LogP contribution in [-0.4, -0.2) is 53.4 Å². The molecule has 0 saturated carbocycles. The summed E-state index contributed by atoms with van der Waals surface area (Å²) >= 11 is 0. The molecule has 0 aliphatic carbocycles. The summed E-state index contributed by atoms with van der Waals surface area (Å²) in [5.41, 5.74) is 1.95. The number of ether oxygens (including phenoxy) is 1. The van der Waals surface area contributed by atoms with Gasteiger partial charge >= 0.3 is 0 Å². The number of rotatable bonds is 8. The Balaban J connectivity index is 1.56. The Morgan fingerprint density at radius 1 is 1.28 bits per heavy atom. The molecular formula is C20H30N4O4S. The van der Waals surface area contributed by atoms with Crippen LogP contribution in [0.1, 0.15) is 50.3 Å². The zero-order valence-electron chi connectivity index (χ0n) is 17.2. The van der Waals surface area contributed by atoms with Crippen molar-refractivity contribution in [3.63, 3.8) is 0 Å². The fourth-order valence-electron chi connectivity index (χ4n) is 3.43. The van der Waals surface area contributed by atoms with Gasteiger partial charge in [0.15, 0.2) is 0 Å². The molecule has 1 fully saturated rings. The lowest BCUT2D eigenvalue weighted by Gasteiger charge is -2.36. The van der Waals surface area contributed by atoms with Crippen LogP contribution in [0.3, 0.4) is 0 Å². The van der Waals surface area contributed by atoms with Gasteiger partial charge in [-0.2, -0.15) is 0 Å². The van der Waals surface area contributed by atoms with E-state index in [2.05, 4.69) is 28.9 Å². The lowest BCUT2D eigenvalue weighted by Crippen LogP contribution is -2.50. The summed E-state index contributed by atoms with van der Waals surface area (Å²) in [7, 11) is -3.66. The molecule has 160 valence electrons. The number of nitrogens with zero attached hydrogens (tertiary/aromatic N) is 3. The molecule has 0 spiro atoms. The fraction of sp³-hybridized carbons (Fsp3) is 0.600. The molecule has 0 amide bonds. The van der Waals surface area contributed by atoms with Gasteiger partial charge in [-0.05, 0) is 44.2 Å². The van der Waals surface area contributed by atoms with E-state index in [1.807, 2.05) is 13.1 Å². The van der Waals surface area contributed by atoms with Crippen molar-refractivity contribution in [2.75, 3.05) is 6.61 Å². The second kappa shape index (κ2) is 9.34. The van der Waals surface area contributed by atoms with Crippen molar-refractivity contribution in [3.05, 3.63) is 41.7 Å². The quantitative estimate of drug-likeness (QED) is 0.674. The van der Waals surface area contributed by atoms with Gasteiger partial charge < -0.3 is 9.84 Å². The van der Waals surface area contributed by atoms with Crippen molar-refractivity contribution in [3.8, 4) is 0 Å². The Bertz CT molecular complexity index is 895. The summed E-state index contributed by atoms with van der Waals surface area (Å²) < 4.78 is 35.8. The van der Waals surface area contributed by atoms with Crippen LogP contribution in [0.5, 0.6) is 0 Å². The van der Waals surface area contributed by atoms with Crippen LogP contribution in [0.2, 0.25) is 0 Å². The maximum absolute atomic E-state index is 12.7. The molecule has 3 atom stereocenters. The van der Waals surface area contributed by atoms with Gasteiger partial charge in [0.05, 0.1) is 35.4 Å². The first-order valence-corrected chi connectivity index (χ1v) is 11.5. The van der Waals surface area contributed by atoms with Gasteiger partial charge in [0.2, 0.25) is 10.0 Å². The van der Waals surface area contributed by atoms with E-state index in [-0.39, 0.29) is 17.6 Å². The number of aromatic nitrogens is 3. The number of benzene rings is 1. The Labute approximate surface area is 172 Å². The van der Waals surface area contributed by atoms with Gasteiger partial charge in [0.25, 0.3) is 0 Å². The smallest absolute Gasteiger partial charge is 0.240 e. The highest BCUT2D eigenvalue weighted by atomic mass is 32.2. The zero-order chi connectivity index (χ0) is 21.0. The zero-order valence-corrected chi connectivity index (χ0v) is 18.0. The predicted octanol–water partition coefficient (Wildman–Crippen LogP) is 1.99. The molecule has 1 saturated heterocycles. The minimum atomic E-state index is -3.66. The number of nitrogens with one attached hydrogen (secondary N) is 1. The molecule has 2 aromatic rings. The van der Waals surface area contributed by atoms with Crippen LogP contribution >= 0.6 is 0 Å². The normalized spacial score (nSPS) is 22.9. The molecule has 0 unspecified atom stereocenters. The number of aliphatic hydroxyl groups excluding tert-OH is 1. The highest BCUT2D eigenvalue weighted by molar-refractivity contribution is 7.89. The lowest BCUT2D eigenvalue weighted by atomic mass is 9.98. The van der Waals surface area contributed by atoms with Gasteiger partial charge in [0.1, 0.15) is 0 Å². The monoisotopic (exact) mass is 422 g/mol. The number of aliphatic hydroxyl groups is 1. The first-order chi connectivity index (χ1) is 13.8. The molecule has 8 nitrogen and oxygen atoms in total. The first kappa shape index (κ1) is 21.9. The van der Waals surface area contributed by atoms with E-state index >= 15 is 0 Å². The molecule has 1 aromatic heterocycles. The fourth-order valence-corrected chi connectivity index (χ4v) is 4.73. The third-order valence-corrected chi connectivity index (χ3v) is 6.77. The van der Waals surface area contributed by atoms with Gasteiger partial charge in [-0.1, -0.05) is 36.8 Å². The minimum absolute atomic E-state index is 0.0565. The Kier molecular flexibility index (Phi) is 7.05. The number of aryl methyl sites for hydroxylation is 2. The third-order valence-electron chi connectivity index (χ3n) is 5.26. The second-order valence-corrected chi connectivity index (χ2v) is 9.66. The maximum Gasteiger partial charge on any atom is 0.240 e. The van der Waals surface area contributed by atoms with Crippen LogP contribution < -0.4 is 4.72 Å². The summed E-state index contributed by atoms with van der Waals surface area (Å²) in [5.74, 6) is 0.329. The summed E-state index contributed by atoms with van der Waals surface area (Å²) in [6, 6.07) is 6.24. The molecule has 2 N–H and O–H groups in total. The van der Waals surface area contributed by atoms with Crippen molar-refractivity contribution in [2.45, 2.75) is 75.6 Å². The van der Waals surface area contributed by atoms with E-state index in [0.717, 1.165) is 17.7 Å². The summed E-state index contributed by atoms with van der Waals surface area (Å²) in [4.78, 5) is 0.217. The van der Waals surface area contributed by atoms with E-state index in [0.29, 0.717) is 25.3 Å². The summed E-state index contributed by atoms with van der Waals surface area (Å²) in [6.07, 6.45) is 3.36. The number of sulfonamides is 1. The number of hydrogen-bond donors (Lipinski definition) is 2. The Morgan fingerprint density at radius 3 is 2.62 bits per heavy atom. The summed E-state index contributed by atoms with van der Waals surface area (Å²) in [6.45, 7) is 6.48. The largest absolute Gasteiger partial charge is 0.394 e. The Morgan fingerprint density at radius 2 is 2.00 bits per heavy atom. The topological polar surface area (TPSA) is 106 Å². The van der Waals surface area contributed by atoms with E-state index in [1.54, 1.807) is 28.9 Å². The second-order valence-electron chi connectivity index (χ2n) is 7.95. The molecule has 2 heterocycles. The molecule has 0 radical (unpaired) electrons. The van der Waals surface area contributed by atoms with Crippen molar-refractivity contribution in [2.24, 2.45) is 0 Å². The molecule has 1 aliphatic rings. The molecule has 1 aromatic carbocycles. The van der Waals surface area contributed by atoms with E-state index < -0.39 is 22.2 Å². The molecule has 0 bridgehead atoms. The molecule has 9 heteroatoms. The maximum atomic E-state index is 12.7.